The van der Waals surface area contributed by atoms with Gasteiger partial charge in [-0.3, -0.25) is 4.79 Å². The van der Waals surface area contributed by atoms with Crippen LogP contribution < -0.4 is 4.90 Å². The second-order valence-electron chi connectivity index (χ2n) is 10.6. The summed E-state index contributed by atoms with van der Waals surface area (Å²) < 4.78 is 11.5. The third-order valence-electron chi connectivity index (χ3n) is 7.26. The summed E-state index contributed by atoms with van der Waals surface area (Å²) >= 11 is 0. The first kappa shape index (κ1) is 22.1. The van der Waals surface area contributed by atoms with Gasteiger partial charge < -0.3 is 24.4 Å². The number of nitrogens with zero attached hydrogens (tertiary/aromatic N) is 3. The summed E-state index contributed by atoms with van der Waals surface area (Å²) in [5, 5.41) is 8.29. The van der Waals surface area contributed by atoms with Crippen LogP contribution >= 0.6 is 0 Å². The zero-order valence-electron chi connectivity index (χ0n) is 20.1. The van der Waals surface area contributed by atoms with Crippen LogP contribution in [-0.4, -0.2) is 53.3 Å². The van der Waals surface area contributed by atoms with E-state index >= 15 is 0 Å². The zero-order valence-corrected chi connectivity index (χ0v) is 20.1. The van der Waals surface area contributed by atoms with Crippen LogP contribution in [0.25, 0.3) is 0 Å². The van der Waals surface area contributed by atoms with Gasteiger partial charge in [0.15, 0.2) is 5.76 Å². The van der Waals surface area contributed by atoms with Crippen molar-refractivity contribution in [2.45, 2.75) is 71.1 Å². The smallest absolute Gasteiger partial charge is 0.289 e. The lowest BCUT2D eigenvalue weighted by Gasteiger charge is -2.44. The molecule has 1 amide bonds. The average molecular weight is 451 g/mol. The predicted molar refractivity (Wildman–Crippen MR) is 127 cm³/mol. The molecule has 0 aromatic carbocycles. The molecule has 0 unspecified atom stereocenters. The van der Waals surface area contributed by atoms with Gasteiger partial charge in [-0.25, -0.2) is 4.98 Å². The maximum Gasteiger partial charge on any atom is 0.289 e. The first-order chi connectivity index (χ1) is 15.8. The van der Waals surface area contributed by atoms with Gasteiger partial charge in [0.2, 0.25) is 0 Å². The molecule has 1 atom stereocenters. The van der Waals surface area contributed by atoms with Crippen molar-refractivity contribution in [2.24, 2.45) is 5.92 Å². The molecule has 33 heavy (non-hydrogen) atoms. The fourth-order valence-electron chi connectivity index (χ4n) is 5.26. The number of nitrogens with one attached hydrogen (secondary N) is 1. The Kier molecular flexibility index (Phi) is 5.55. The van der Waals surface area contributed by atoms with Gasteiger partial charge in [-0.15, -0.1) is 0 Å². The average Bonchev–Trinajstić information content (AvgIpc) is 3.49. The Morgan fingerprint density at radius 2 is 2.06 bits per heavy atom. The van der Waals surface area contributed by atoms with Crippen LogP contribution in [0.2, 0.25) is 0 Å². The summed E-state index contributed by atoms with van der Waals surface area (Å²) in [6, 6.07) is 3.53. The first-order valence-corrected chi connectivity index (χ1v) is 12.1. The number of amides is 1. The maximum absolute atomic E-state index is 13.1. The standard InChI is InChI=1S/C26H34N4O3/c1-16(2)21-14-29(9-10-30(21)25(31)22-6-5-11-32-22)24-19(13-27)18-12-26(3,4)33-15-20(18)23(28-24)17-7-8-17/h5-6,11,13,16-17,21,27H,7-10,12,14-15H2,1-4H3/t21-/m0/s1. The van der Waals surface area contributed by atoms with Crippen LogP contribution in [0.3, 0.4) is 0 Å². The quantitative estimate of drug-likeness (QED) is 0.683. The normalized spacial score (nSPS) is 22.4. The Hall–Kier alpha value is -2.67. The lowest BCUT2D eigenvalue weighted by atomic mass is 9.87. The van der Waals surface area contributed by atoms with E-state index in [1.165, 1.54) is 30.2 Å². The van der Waals surface area contributed by atoms with Gasteiger partial charge >= 0.3 is 0 Å². The summed E-state index contributed by atoms with van der Waals surface area (Å²) in [5.41, 5.74) is 4.25. The van der Waals surface area contributed by atoms with Crippen LogP contribution in [0.1, 0.15) is 79.4 Å². The van der Waals surface area contributed by atoms with Gasteiger partial charge in [0.1, 0.15) is 5.82 Å². The minimum Gasteiger partial charge on any atom is -0.459 e. The van der Waals surface area contributed by atoms with E-state index in [9.17, 15) is 4.79 Å². The van der Waals surface area contributed by atoms with E-state index in [0.29, 0.717) is 37.9 Å². The summed E-state index contributed by atoms with van der Waals surface area (Å²) in [7, 11) is 0. The second kappa shape index (κ2) is 8.28. The van der Waals surface area contributed by atoms with Gasteiger partial charge in [-0.2, -0.15) is 0 Å². The number of rotatable bonds is 5. The number of furan rings is 1. The van der Waals surface area contributed by atoms with Crippen molar-refractivity contribution >= 4 is 17.9 Å². The third-order valence-corrected chi connectivity index (χ3v) is 7.26. The van der Waals surface area contributed by atoms with Crippen molar-refractivity contribution in [3.05, 3.63) is 46.5 Å². The fourth-order valence-corrected chi connectivity index (χ4v) is 5.26. The molecule has 1 saturated carbocycles. The highest BCUT2D eigenvalue weighted by atomic mass is 16.5. The van der Waals surface area contributed by atoms with E-state index in [1.807, 2.05) is 4.90 Å². The number of aromatic nitrogens is 1. The highest BCUT2D eigenvalue weighted by Crippen LogP contribution is 2.45. The van der Waals surface area contributed by atoms with E-state index in [1.54, 1.807) is 18.4 Å². The molecule has 2 fully saturated rings. The van der Waals surface area contributed by atoms with Crippen molar-refractivity contribution in [1.82, 2.24) is 9.88 Å². The molecule has 1 N–H and O–H groups in total. The van der Waals surface area contributed by atoms with Crippen LogP contribution in [0.5, 0.6) is 0 Å². The van der Waals surface area contributed by atoms with Gasteiger partial charge in [-0.05, 0) is 50.3 Å². The molecule has 5 rings (SSSR count). The molecular formula is C26H34N4O3. The molecule has 3 aliphatic rings. The third kappa shape index (κ3) is 4.07. The Labute approximate surface area is 195 Å². The molecule has 7 nitrogen and oxygen atoms in total. The lowest BCUT2D eigenvalue weighted by molar-refractivity contribution is -0.0406. The van der Waals surface area contributed by atoms with E-state index in [0.717, 1.165) is 23.5 Å². The molecule has 176 valence electrons. The maximum atomic E-state index is 13.1. The minimum absolute atomic E-state index is 0.0388. The van der Waals surface area contributed by atoms with E-state index in [4.69, 9.17) is 19.5 Å². The zero-order chi connectivity index (χ0) is 23.3. The lowest BCUT2D eigenvalue weighted by Crippen LogP contribution is -2.57. The number of ether oxygens (including phenoxy) is 1. The highest BCUT2D eigenvalue weighted by Gasteiger charge is 2.39. The number of anilines is 1. The van der Waals surface area contributed by atoms with Gasteiger partial charge in [0.25, 0.3) is 5.91 Å². The van der Waals surface area contributed by atoms with Gasteiger partial charge in [0, 0.05) is 49.3 Å². The molecule has 4 heterocycles. The van der Waals surface area contributed by atoms with Crippen molar-refractivity contribution in [3.8, 4) is 0 Å². The molecule has 2 aliphatic heterocycles. The van der Waals surface area contributed by atoms with Crippen molar-refractivity contribution in [3.63, 3.8) is 0 Å². The van der Waals surface area contributed by atoms with Gasteiger partial charge in [-0.1, -0.05) is 13.8 Å². The Morgan fingerprint density at radius 1 is 1.27 bits per heavy atom. The molecule has 2 aromatic heterocycles. The molecule has 0 radical (unpaired) electrons. The molecular weight excluding hydrogens is 416 g/mol. The number of carbonyl (C=O) groups excluding carboxylic acids is 1. The van der Waals surface area contributed by atoms with Crippen molar-refractivity contribution < 1.29 is 13.9 Å². The molecule has 0 spiro atoms. The first-order valence-electron chi connectivity index (χ1n) is 12.1. The summed E-state index contributed by atoms with van der Waals surface area (Å²) in [6.07, 6.45) is 6.15. The molecule has 2 aromatic rings. The summed E-state index contributed by atoms with van der Waals surface area (Å²) in [5.74, 6) is 2.02. The Balaban J connectivity index is 1.51. The van der Waals surface area contributed by atoms with Crippen molar-refractivity contribution in [2.75, 3.05) is 24.5 Å². The Bertz CT molecular complexity index is 1060. The number of hydrogen-bond donors (Lipinski definition) is 1. The number of piperazine rings is 1. The summed E-state index contributed by atoms with van der Waals surface area (Å²) in [4.78, 5) is 22.5. The number of fused-ring (bicyclic) bond motifs is 1. The largest absolute Gasteiger partial charge is 0.459 e. The molecule has 7 heteroatoms. The molecule has 1 aliphatic carbocycles. The van der Waals surface area contributed by atoms with E-state index in [2.05, 4.69) is 32.6 Å². The van der Waals surface area contributed by atoms with Crippen LogP contribution in [-0.2, 0) is 17.8 Å². The topological polar surface area (TPSA) is 82.7 Å². The van der Waals surface area contributed by atoms with Crippen LogP contribution in [0.4, 0.5) is 5.82 Å². The number of pyridine rings is 1. The Morgan fingerprint density at radius 3 is 2.70 bits per heavy atom. The SMILES string of the molecule is CC(C)[C@@H]1CN(c2nc(C3CC3)c3c(c2C=N)CC(C)(C)OC3)CCN1C(=O)c1ccco1. The predicted octanol–water partition coefficient (Wildman–Crippen LogP) is 4.39. The van der Waals surface area contributed by atoms with Crippen LogP contribution in [0, 0.1) is 11.3 Å². The monoisotopic (exact) mass is 450 g/mol. The highest BCUT2D eigenvalue weighted by molar-refractivity contribution is 5.92. The number of hydrogen-bond acceptors (Lipinski definition) is 6. The molecule has 0 bridgehead atoms. The number of carbonyl (C=O) groups is 1. The second-order valence-corrected chi connectivity index (χ2v) is 10.6. The van der Waals surface area contributed by atoms with Crippen LogP contribution in [0.15, 0.2) is 22.8 Å². The fraction of sp³-hybridized carbons (Fsp3) is 0.577. The van der Waals surface area contributed by atoms with Gasteiger partial charge in [0.05, 0.1) is 30.2 Å². The van der Waals surface area contributed by atoms with E-state index in [-0.39, 0.29) is 23.5 Å². The molecule has 1 saturated heterocycles. The minimum atomic E-state index is -0.251. The summed E-state index contributed by atoms with van der Waals surface area (Å²) in [6.45, 7) is 11.1. The van der Waals surface area contributed by atoms with E-state index < -0.39 is 0 Å². The van der Waals surface area contributed by atoms with Crippen molar-refractivity contribution in [1.29, 1.82) is 5.41 Å².